The van der Waals surface area contributed by atoms with Crippen molar-refractivity contribution in [2.75, 3.05) is 11.9 Å². The van der Waals surface area contributed by atoms with Crippen LogP contribution in [-0.4, -0.2) is 46.6 Å². The molecule has 3 N–H and O–H groups in total. The van der Waals surface area contributed by atoms with Gasteiger partial charge in [0.2, 0.25) is 5.78 Å². The lowest BCUT2D eigenvalue weighted by Gasteiger charge is -2.15. The van der Waals surface area contributed by atoms with Crippen molar-refractivity contribution in [1.29, 1.82) is 0 Å². The molecule has 1 aliphatic carbocycles. The lowest BCUT2D eigenvalue weighted by Crippen LogP contribution is -2.22. The van der Waals surface area contributed by atoms with Crippen molar-refractivity contribution >= 4 is 21.9 Å². The molecule has 1 fully saturated rings. The number of anilines is 1. The van der Waals surface area contributed by atoms with E-state index in [4.69, 9.17) is 5.14 Å². The first-order valence-electron chi connectivity index (χ1n) is 10.5. The predicted molar refractivity (Wildman–Crippen MR) is 117 cm³/mol. The summed E-state index contributed by atoms with van der Waals surface area (Å²) in [5.41, 5.74) is 0.355. The summed E-state index contributed by atoms with van der Waals surface area (Å²) in [4.78, 5) is 21.1. The summed E-state index contributed by atoms with van der Waals surface area (Å²) in [6, 6.07) is 3.08. The number of nitrogens with two attached hydrogens (primary N) is 1. The Labute approximate surface area is 198 Å². The van der Waals surface area contributed by atoms with E-state index in [0.29, 0.717) is 25.1 Å². The number of hydrogen-bond donors (Lipinski definition) is 2. The fourth-order valence-corrected chi connectivity index (χ4v) is 4.33. The number of carbonyl (C=O) groups is 1. The molecule has 2 heterocycles. The molecule has 35 heavy (non-hydrogen) atoms. The Morgan fingerprint density at radius 2 is 1.97 bits per heavy atom. The van der Waals surface area contributed by atoms with E-state index >= 15 is 0 Å². The standard InChI is InChI=1S/C21H21F3N6O4S/c22-16-6-13(7-17(23)19(16)24)9-30-4-3-18(29-30)20(31)15-8-26-11-27-21(15)28-14-2-1-12(5-14)10-34-35(25,32)33/h3-4,6-8,11-12,14H,1-2,5,9-10H2,(H2,25,32,33)(H,26,27,28)/t12-,14+/m1/s1. The van der Waals surface area contributed by atoms with E-state index in [1.807, 2.05) is 0 Å². The minimum Gasteiger partial charge on any atom is -0.367 e. The second-order valence-electron chi connectivity index (χ2n) is 8.18. The van der Waals surface area contributed by atoms with Gasteiger partial charge < -0.3 is 5.32 Å². The fourth-order valence-electron chi connectivity index (χ4n) is 3.95. The SMILES string of the molecule is NS(=O)(=O)OC[C@@H]1CC[C@H](Nc2ncncc2C(=O)c2ccn(Cc3cc(F)c(F)c(F)c3)n2)C1. The van der Waals surface area contributed by atoms with Crippen LogP contribution >= 0.6 is 0 Å². The van der Waals surface area contributed by atoms with Gasteiger partial charge in [0.25, 0.3) is 0 Å². The van der Waals surface area contributed by atoms with Gasteiger partial charge in [-0.3, -0.25) is 13.7 Å². The molecule has 14 heteroatoms. The maximum Gasteiger partial charge on any atom is 0.333 e. The van der Waals surface area contributed by atoms with Crippen molar-refractivity contribution in [2.45, 2.75) is 31.8 Å². The molecular weight excluding hydrogens is 489 g/mol. The maximum absolute atomic E-state index is 13.5. The van der Waals surface area contributed by atoms with Crippen LogP contribution < -0.4 is 10.5 Å². The highest BCUT2D eigenvalue weighted by atomic mass is 32.2. The van der Waals surface area contributed by atoms with Gasteiger partial charge >= 0.3 is 10.3 Å². The fraction of sp³-hybridized carbons (Fsp3) is 0.333. The first-order chi connectivity index (χ1) is 16.6. The molecule has 186 valence electrons. The summed E-state index contributed by atoms with van der Waals surface area (Å²) >= 11 is 0. The quantitative estimate of drug-likeness (QED) is 0.330. The first-order valence-corrected chi connectivity index (χ1v) is 12.0. The Balaban J connectivity index is 1.44. The van der Waals surface area contributed by atoms with E-state index in [0.717, 1.165) is 12.1 Å². The summed E-state index contributed by atoms with van der Waals surface area (Å²) < 4.78 is 68.1. The smallest absolute Gasteiger partial charge is 0.333 e. The third-order valence-electron chi connectivity index (χ3n) is 5.57. The number of halogens is 3. The number of hydrogen-bond acceptors (Lipinski definition) is 8. The van der Waals surface area contributed by atoms with Crippen LogP contribution in [0.1, 0.15) is 40.9 Å². The third-order valence-corrected chi connectivity index (χ3v) is 6.03. The highest BCUT2D eigenvalue weighted by Crippen LogP contribution is 2.29. The van der Waals surface area contributed by atoms with Crippen LogP contribution in [0.5, 0.6) is 0 Å². The number of nitrogens with one attached hydrogen (secondary N) is 1. The zero-order chi connectivity index (χ0) is 25.2. The monoisotopic (exact) mass is 510 g/mol. The Bertz CT molecular complexity index is 1330. The van der Waals surface area contributed by atoms with Crippen molar-refractivity contribution < 1.29 is 30.6 Å². The number of ketones is 1. The van der Waals surface area contributed by atoms with Crippen LogP contribution in [-0.2, 0) is 21.0 Å². The van der Waals surface area contributed by atoms with E-state index < -0.39 is 33.5 Å². The molecule has 0 unspecified atom stereocenters. The molecule has 0 saturated heterocycles. The van der Waals surface area contributed by atoms with Crippen LogP contribution in [0.25, 0.3) is 0 Å². The first kappa shape index (κ1) is 24.8. The normalized spacial score (nSPS) is 18.1. The predicted octanol–water partition coefficient (Wildman–Crippen LogP) is 2.17. The van der Waals surface area contributed by atoms with Crippen LogP contribution in [0.4, 0.5) is 19.0 Å². The number of aromatic nitrogens is 4. The summed E-state index contributed by atoms with van der Waals surface area (Å²) in [5.74, 6) is -4.39. The van der Waals surface area contributed by atoms with E-state index in [1.54, 1.807) is 0 Å². The summed E-state index contributed by atoms with van der Waals surface area (Å²) in [6.07, 6.45) is 6.08. The maximum atomic E-state index is 13.5. The summed E-state index contributed by atoms with van der Waals surface area (Å²) in [5, 5.41) is 12.2. The molecule has 1 aromatic carbocycles. The van der Waals surface area contributed by atoms with Crippen LogP contribution in [0.15, 0.2) is 36.9 Å². The van der Waals surface area contributed by atoms with Gasteiger partial charge in [-0.1, -0.05) is 0 Å². The number of nitrogens with zero attached hydrogens (tertiary/aromatic N) is 4. The Morgan fingerprint density at radius 1 is 1.23 bits per heavy atom. The van der Waals surface area contributed by atoms with Crippen molar-refractivity contribution in [3.8, 4) is 0 Å². The molecule has 2 atom stereocenters. The zero-order valence-corrected chi connectivity index (χ0v) is 19.0. The average Bonchev–Trinajstić information content (AvgIpc) is 3.45. The molecule has 3 aromatic rings. The van der Waals surface area contributed by atoms with Crippen LogP contribution in [0, 0.1) is 23.4 Å². The summed E-state index contributed by atoms with van der Waals surface area (Å²) in [6.45, 7) is -0.103. The molecule has 1 aliphatic rings. The van der Waals surface area contributed by atoms with Crippen molar-refractivity contribution in [2.24, 2.45) is 11.1 Å². The topological polar surface area (TPSA) is 142 Å². The minimum absolute atomic E-state index is 0.0220. The minimum atomic E-state index is -4.01. The molecule has 0 radical (unpaired) electrons. The van der Waals surface area contributed by atoms with Gasteiger partial charge in [0.05, 0.1) is 18.7 Å². The van der Waals surface area contributed by atoms with E-state index in [-0.39, 0.29) is 41.9 Å². The Morgan fingerprint density at radius 3 is 2.69 bits per heavy atom. The van der Waals surface area contributed by atoms with Gasteiger partial charge in [-0.15, -0.1) is 0 Å². The van der Waals surface area contributed by atoms with Crippen molar-refractivity contribution in [1.82, 2.24) is 19.7 Å². The second-order valence-corrected chi connectivity index (χ2v) is 9.41. The molecule has 1 saturated carbocycles. The van der Waals surface area contributed by atoms with Crippen LogP contribution in [0.3, 0.4) is 0 Å². The van der Waals surface area contributed by atoms with E-state index in [2.05, 4.69) is 24.6 Å². The van der Waals surface area contributed by atoms with Gasteiger partial charge in [-0.25, -0.2) is 28.3 Å². The molecular formula is C21H21F3N6O4S. The largest absolute Gasteiger partial charge is 0.367 e. The lowest BCUT2D eigenvalue weighted by atomic mass is 10.1. The van der Waals surface area contributed by atoms with E-state index in [9.17, 15) is 26.4 Å². The Hall–Kier alpha value is -3.36. The number of benzene rings is 1. The second kappa shape index (κ2) is 10.1. The Kier molecular flexibility index (Phi) is 7.14. The van der Waals surface area contributed by atoms with Crippen molar-refractivity contribution in [3.63, 3.8) is 0 Å². The highest BCUT2D eigenvalue weighted by Gasteiger charge is 2.28. The van der Waals surface area contributed by atoms with Gasteiger partial charge in [0, 0.05) is 18.4 Å². The highest BCUT2D eigenvalue weighted by molar-refractivity contribution is 7.84. The zero-order valence-electron chi connectivity index (χ0n) is 18.2. The lowest BCUT2D eigenvalue weighted by molar-refractivity contribution is 0.103. The number of rotatable bonds is 9. The van der Waals surface area contributed by atoms with E-state index in [1.165, 1.54) is 29.5 Å². The average molecular weight is 510 g/mol. The van der Waals surface area contributed by atoms with Gasteiger partial charge in [0.1, 0.15) is 17.8 Å². The molecule has 10 nitrogen and oxygen atoms in total. The van der Waals surface area contributed by atoms with Gasteiger partial charge in [0.15, 0.2) is 17.5 Å². The molecule has 2 aromatic heterocycles. The molecule has 0 spiro atoms. The molecule has 4 rings (SSSR count). The molecule has 0 bridgehead atoms. The third kappa shape index (κ3) is 6.21. The molecule has 0 amide bonds. The van der Waals surface area contributed by atoms with Gasteiger partial charge in [-0.05, 0) is 48.9 Å². The van der Waals surface area contributed by atoms with Crippen LogP contribution in [0.2, 0.25) is 0 Å². The van der Waals surface area contributed by atoms with Gasteiger partial charge in [-0.2, -0.15) is 13.5 Å². The molecule has 0 aliphatic heterocycles. The summed E-state index contributed by atoms with van der Waals surface area (Å²) in [7, 11) is -4.01. The number of carbonyl (C=O) groups excluding carboxylic acids is 1. The van der Waals surface area contributed by atoms with Crippen molar-refractivity contribution in [3.05, 3.63) is 71.2 Å².